The molecule has 0 radical (unpaired) electrons. The molecule has 1 heterocycles. The summed E-state index contributed by atoms with van der Waals surface area (Å²) in [6.45, 7) is 0. The Morgan fingerprint density at radius 2 is 1.63 bits per heavy atom. The molecule has 0 fully saturated rings. The van der Waals surface area contributed by atoms with Gasteiger partial charge in [-0.05, 0) is 47.5 Å². The van der Waals surface area contributed by atoms with Crippen molar-refractivity contribution in [2.75, 3.05) is 21.3 Å². The number of rotatable bonds is 8. The van der Waals surface area contributed by atoms with Crippen LogP contribution in [0.5, 0.6) is 17.2 Å². The van der Waals surface area contributed by atoms with Gasteiger partial charge in [-0.2, -0.15) is 5.26 Å². The molecule has 30 heavy (non-hydrogen) atoms. The first-order valence-electron chi connectivity index (χ1n) is 9.30. The third-order valence-electron chi connectivity index (χ3n) is 4.66. The number of nitrogens with one attached hydrogen (secondary N) is 1. The summed E-state index contributed by atoms with van der Waals surface area (Å²) < 4.78 is 17.9. The summed E-state index contributed by atoms with van der Waals surface area (Å²) in [5, 5.41) is 12.4. The Kier molecular flexibility index (Phi) is 6.60. The van der Waals surface area contributed by atoms with Crippen molar-refractivity contribution in [1.29, 1.82) is 5.26 Å². The molecular formula is C23H23N3O4. The van der Waals surface area contributed by atoms with Crippen LogP contribution in [0.2, 0.25) is 0 Å². The number of carbonyl (C=O) groups excluding carboxylic acids is 1. The Hall–Kier alpha value is -3.92. The van der Waals surface area contributed by atoms with E-state index >= 15 is 0 Å². The fraction of sp³-hybridized carbons (Fsp3) is 0.217. The van der Waals surface area contributed by atoms with Crippen molar-refractivity contribution in [2.45, 2.75) is 12.5 Å². The quantitative estimate of drug-likeness (QED) is 0.621. The molecule has 1 N–H and O–H groups in total. The second kappa shape index (κ2) is 9.52. The fourth-order valence-electron chi connectivity index (χ4n) is 3.15. The lowest BCUT2D eigenvalue weighted by Gasteiger charge is -2.17. The summed E-state index contributed by atoms with van der Waals surface area (Å²) in [4.78, 5) is 12.5. The number of amides is 1. The van der Waals surface area contributed by atoms with Crippen LogP contribution in [0.4, 0.5) is 0 Å². The minimum absolute atomic E-state index is 0.161. The van der Waals surface area contributed by atoms with Crippen molar-refractivity contribution in [3.05, 3.63) is 72.1 Å². The van der Waals surface area contributed by atoms with Gasteiger partial charge in [-0.3, -0.25) is 4.79 Å². The highest BCUT2D eigenvalue weighted by atomic mass is 16.5. The van der Waals surface area contributed by atoms with Crippen LogP contribution in [0.25, 0.3) is 5.69 Å². The van der Waals surface area contributed by atoms with Crippen LogP contribution in [0.3, 0.4) is 0 Å². The van der Waals surface area contributed by atoms with Crippen molar-refractivity contribution in [1.82, 2.24) is 9.88 Å². The van der Waals surface area contributed by atoms with Gasteiger partial charge >= 0.3 is 0 Å². The van der Waals surface area contributed by atoms with Crippen molar-refractivity contribution in [3.8, 4) is 29.0 Å². The van der Waals surface area contributed by atoms with E-state index in [1.807, 2.05) is 53.4 Å². The number of nitriles is 1. The number of ether oxygens (including phenoxy) is 3. The lowest BCUT2D eigenvalue weighted by Crippen LogP contribution is -2.29. The molecule has 154 valence electrons. The van der Waals surface area contributed by atoms with Crippen LogP contribution in [0.15, 0.2) is 60.9 Å². The largest absolute Gasteiger partial charge is 0.493 e. The lowest BCUT2D eigenvalue weighted by atomic mass is 10.1. The van der Waals surface area contributed by atoms with E-state index < -0.39 is 6.04 Å². The molecule has 0 spiro atoms. The number of aromatic nitrogens is 1. The highest BCUT2D eigenvalue weighted by Crippen LogP contribution is 2.39. The van der Waals surface area contributed by atoms with E-state index in [1.54, 1.807) is 12.1 Å². The van der Waals surface area contributed by atoms with Crippen LogP contribution < -0.4 is 19.5 Å². The molecule has 3 rings (SSSR count). The summed E-state index contributed by atoms with van der Waals surface area (Å²) >= 11 is 0. The molecule has 0 aliphatic carbocycles. The van der Waals surface area contributed by atoms with E-state index in [2.05, 4.69) is 11.4 Å². The number of nitrogens with zero attached hydrogens (tertiary/aromatic N) is 2. The molecule has 0 aliphatic heterocycles. The highest BCUT2D eigenvalue weighted by Gasteiger charge is 2.20. The molecule has 2 aromatic carbocycles. The van der Waals surface area contributed by atoms with E-state index in [0.29, 0.717) is 22.8 Å². The second-order valence-corrected chi connectivity index (χ2v) is 6.52. The molecule has 7 heteroatoms. The topological polar surface area (TPSA) is 85.5 Å². The van der Waals surface area contributed by atoms with Crippen LogP contribution in [0, 0.1) is 11.3 Å². The van der Waals surface area contributed by atoms with Crippen LogP contribution in [0.1, 0.15) is 17.2 Å². The van der Waals surface area contributed by atoms with Gasteiger partial charge in [-0.25, -0.2) is 0 Å². The molecular weight excluding hydrogens is 382 g/mol. The monoisotopic (exact) mass is 405 g/mol. The van der Waals surface area contributed by atoms with Crippen molar-refractivity contribution in [2.24, 2.45) is 0 Å². The molecule has 7 nitrogen and oxygen atoms in total. The maximum atomic E-state index is 12.5. The minimum atomic E-state index is -0.856. The van der Waals surface area contributed by atoms with E-state index in [9.17, 15) is 10.1 Å². The van der Waals surface area contributed by atoms with E-state index in [1.165, 1.54) is 21.3 Å². The first-order chi connectivity index (χ1) is 14.6. The fourth-order valence-corrected chi connectivity index (χ4v) is 3.15. The summed E-state index contributed by atoms with van der Waals surface area (Å²) in [6.07, 6.45) is 4.07. The Balaban J connectivity index is 1.73. The molecule has 0 saturated carbocycles. The van der Waals surface area contributed by atoms with Gasteiger partial charge in [0.2, 0.25) is 11.7 Å². The summed E-state index contributed by atoms with van der Waals surface area (Å²) in [5.41, 5.74) is 2.41. The Labute approximate surface area is 175 Å². The molecule has 0 saturated heterocycles. The van der Waals surface area contributed by atoms with Gasteiger partial charge in [0.05, 0.1) is 33.8 Å². The van der Waals surface area contributed by atoms with Gasteiger partial charge in [0.1, 0.15) is 6.04 Å². The van der Waals surface area contributed by atoms with E-state index in [-0.39, 0.29) is 12.3 Å². The third-order valence-corrected chi connectivity index (χ3v) is 4.66. The molecule has 1 amide bonds. The first kappa shape index (κ1) is 20.8. The smallest absolute Gasteiger partial charge is 0.225 e. The number of carbonyl (C=O) groups is 1. The molecule has 1 atom stereocenters. The van der Waals surface area contributed by atoms with Crippen LogP contribution in [-0.2, 0) is 11.2 Å². The zero-order valence-electron chi connectivity index (χ0n) is 17.1. The lowest BCUT2D eigenvalue weighted by molar-refractivity contribution is -0.120. The maximum absolute atomic E-state index is 12.5. The van der Waals surface area contributed by atoms with Crippen LogP contribution >= 0.6 is 0 Å². The molecule has 1 aromatic heterocycles. The first-order valence-corrected chi connectivity index (χ1v) is 9.30. The number of benzene rings is 2. The Morgan fingerprint density at radius 1 is 1.03 bits per heavy atom. The minimum Gasteiger partial charge on any atom is -0.493 e. The Morgan fingerprint density at radius 3 is 2.13 bits per heavy atom. The maximum Gasteiger partial charge on any atom is 0.225 e. The molecule has 0 aliphatic rings. The number of methoxy groups -OCH3 is 3. The van der Waals surface area contributed by atoms with Gasteiger partial charge in [0.25, 0.3) is 0 Å². The number of hydrogen-bond acceptors (Lipinski definition) is 5. The predicted molar refractivity (Wildman–Crippen MR) is 112 cm³/mol. The third kappa shape index (κ3) is 4.55. The molecule has 3 aromatic rings. The normalized spacial score (nSPS) is 11.3. The summed E-state index contributed by atoms with van der Waals surface area (Å²) in [7, 11) is 4.50. The van der Waals surface area contributed by atoms with Gasteiger partial charge in [0, 0.05) is 18.1 Å². The molecule has 0 unspecified atom stereocenters. The zero-order valence-corrected chi connectivity index (χ0v) is 17.1. The van der Waals surface area contributed by atoms with Crippen molar-refractivity contribution in [3.63, 3.8) is 0 Å². The van der Waals surface area contributed by atoms with Crippen molar-refractivity contribution >= 4 is 5.91 Å². The van der Waals surface area contributed by atoms with Gasteiger partial charge in [0.15, 0.2) is 11.5 Å². The second-order valence-electron chi connectivity index (χ2n) is 6.52. The standard InChI is InChI=1S/C23H23N3O4/c1-28-20-13-17(14-21(29-2)23(20)30-3)19(15-24)25-22(27)12-16-6-8-18(9-7-16)26-10-4-5-11-26/h4-11,13-14,19H,12H2,1-3H3,(H,25,27)/t19-/m0/s1. The number of hydrogen-bond donors (Lipinski definition) is 1. The predicted octanol–water partition coefficient (Wildman–Crippen LogP) is 3.43. The van der Waals surface area contributed by atoms with Gasteiger partial charge in [-0.1, -0.05) is 12.1 Å². The zero-order chi connectivity index (χ0) is 21.5. The highest BCUT2D eigenvalue weighted by molar-refractivity contribution is 5.79. The van der Waals surface area contributed by atoms with Gasteiger partial charge < -0.3 is 24.1 Å². The SMILES string of the molecule is COc1cc([C@H](C#N)NC(=O)Cc2ccc(-n3cccc3)cc2)cc(OC)c1OC. The average Bonchev–Trinajstić information content (AvgIpc) is 3.31. The van der Waals surface area contributed by atoms with Crippen molar-refractivity contribution < 1.29 is 19.0 Å². The van der Waals surface area contributed by atoms with Gasteiger partial charge in [-0.15, -0.1) is 0 Å². The molecule has 0 bridgehead atoms. The summed E-state index contributed by atoms with van der Waals surface area (Å²) in [5.74, 6) is 1.00. The van der Waals surface area contributed by atoms with E-state index in [0.717, 1.165) is 11.3 Å². The van der Waals surface area contributed by atoms with Crippen LogP contribution in [-0.4, -0.2) is 31.8 Å². The van der Waals surface area contributed by atoms with E-state index in [4.69, 9.17) is 14.2 Å². The summed E-state index contributed by atoms with van der Waals surface area (Å²) in [6, 6.07) is 16.2. The Bertz CT molecular complexity index is 1010. The average molecular weight is 405 g/mol.